The highest BCUT2D eigenvalue weighted by Crippen LogP contribution is 2.29. The molecule has 0 bridgehead atoms. The third-order valence-corrected chi connectivity index (χ3v) is 6.35. The van der Waals surface area contributed by atoms with Crippen molar-refractivity contribution in [3.05, 3.63) is 24.3 Å². The fraction of sp³-hybridized carbons (Fsp3) is 0.533. The van der Waals surface area contributed by atoms with E-state index >= 15 is 0 Å². The van der Waals surface area contributed by atoms with Crippen molar-refractivity contribution in [2.75, 3.05) is 18.0 Å². The molecule has 6 nitrogen and oxygen atoms in total. The van der Waals surface area contributed by atoms with E-state index in [-0.39, 0.29) is 11.3 Å². The number of anilines is 1. The van der Waals surface area contributed by atoms with E-state index in [1.807, 2.05) is 24.3 Å². The Kier molecular flexibility index (Phi) is 3.34. The predicted molar refractivity (Wildman–Crippen MR) is 84.3 cm³/mol. The molecule has 7 heteroatoms. The second kappa shape index (κ2) is 5.24. The maximum atomic E-state index is 12.0. The molecule has 4 rings (SSSR count). The third-order valence-electron chi connectivity index (χ3n) is 4.34. The van der Waals surface area contributed by atoms with Gasteiger partial charge in [-0.05, 0) is 37.8 Å². The second-order valence-electron chi connectivity index (χ2n) is 6.09. The number of hydrogen-bond donors (Lipinski definition) is 1. The van der Waals surface area contributed by atoms with Crippen LogP contribution in [0.2, 0.25) is 0 Å². The number of hydrogen-bond acceptors (Lipinski definition) is 5. The Morgan fingerprint density at radius 2 is 1.86 bits per heavy atom. The van der Waals surface area contributed by atoms with Crippen molar-refractivity contribution in [3.8, 4) is 0 Å². The van der Waals surface area contributed by atoms with Crippen LogP contribution in [0.1, 0.15) is 25.7 Å². The van der Waals surface area contributed by atoms with Crippen LogP contribution in [0.15, 0.2) is 28.7 Å². The summed E-state index contributed by atoms with van der Waals surface area (Å²) in [5.41, 5.74) is 1.64. The summed E-state index contributed by atoms with van der Waals surface area (Å²) in [4.78, 5) is 6.58. The predicted octanol–water partition coefficient (Wildman–Crippen LogP) is 1.88. The Morgan fingerprint density at radius 3 is 2.55 bits per heavy atom. The molecule has 1 saturated carbocycles. The average Bonchev–Trinajstić information content (AvgIpc) is 3.28. The van der Waals surface area contributed by atoms with Gasteiger partial charge in [-0.1, -0.05) is 12.1 Å². The molecule has 0 atom stereocenters. The summed E-state index contributed by atoms with van der Waals surface area (Å²) in [6.45, 7) is 1.51. The maximum absolute atomic E-state index is 12.0. The molecule has 118 valence electrons. The van der Waals surface area contributed by atoms with Gasteiger partial charge in [-0.3, -0.25) is 0 Å². The van der Waals surface area contributed by atoms with Crippen molar-refractivity contribution < 1.29 is 12.8 Å². The van der Waals surface area contributed by atoms with Crippen LogP contribution in [-0.2, 0) is 10.0 Å². The van der Waals surface area contributed by atoms with E-state index < -0.39 is 10.0 Å². The fourth-order valence-electron chi connectivity index (χ4n) is 2.89. The Bertz CT molecular complexity index is 741. The first-order valence-corrected chi connectivity index (χ1v) is 9.28. The third kappa shape index (κ3) is 2.70. The molecule has 0 unspecified atom stereocenters. The lowest BCUT2D eigenvalue weighted by molar-refractivity contribution is 0.438. The first-order chi connectivity index (χ1) is 10.6. The summed E-state index contributed by atoms with van der Waals surface area (Å²) in [6, 6.07) is 8.36. The summed E-state index contributed by atoms with van der Waals surface area (Å²) in [5.74, 6) is 0. The molecule has 2 heterocycles. The summed E-state index contributed by atoms with van der Waals surface area (Å²) < 4.78 is 32.6. The van der Waals surface area contributed by atoms with Gasteiger partial charge < -0.3 is 9.32 Å². The molecule has 1 aliphatic carbocycles. The smallest absolute Gasteiger partial charge is 0.298 e. The van der Waals surface area contributed by atoms with Crippen molar-refractivity contribution >= 4 is 27.1 Å². The number of oxazole rings is 1. The van der Waals surface area contributed by atoms with E-state index in [9.17, 15) is 8.42 Å². The Morgan fingerprint density at radius 1 is 1.14 bits per heavy atom. The van der Waals surface area contributed by atoms with E-state index in [1.165, 1.54) is 0 Å². The molecule has 0 spiro atoms. The van der Waals surface area contributed by atoms with E-state index in [0.717, 1.165) is 49.9 Å². The highest BCUT2D eigenvalue weighted by Gasteiger charge is 2.37. The van der Waals surface area contributed by atoms with Gasteiger partial charge in [0, 0.05) is 19.1 Å². The van der Waals surface area contributed by atoms with Gasteiger partial charge in [0.1, 0.15) is 5.52 Å². The molecule has 1 aliphatic heterocycles. The zero-order valence-electron chi connectivity index (χ0n) is 12.2. The molecule has 2 fully saturated rings. The van der Waals surface area contributed by atoms with E-state index in [4.69, 9.17) is 4.42 Å². The van der Waals surface area contributed by atoms with E-state index in [0.29, 0.717) is 6.01 Å². The fourth-order valence-corrected chi connectivity index (χ4v) is 4.54. The summed E-state index contributed by atoms with van der Waals surface area (Å²) in [5, 5.41) is -0.150. The minimum atomic E-state index is -3.10. The molecular weight excluding hydrogens is 302 g/mol. The standard InChI is InChI=1S/C15H19N3O3S/c19-22(20,12-5-6-12)17-11-7-9-18(10-8-11)15-16-13-3-1-2-4-14(13)21-15/h1-4,11-12,17H,5-10H2. The number of rotatable bonds is 4. The van der Waals surface area contributed by atoms with Crippen LogP contribution in [0.3, 0.4) is 0 Å². The Hall–Kier alpha value is -1.60. The molecule has 1 saturated heterocycles. The molecule has 22 heavy (non-hydrogen) atoms. The zero-order valence-corrected chi connectivity index (χ0v) is 13.1. The van der Waals surface area contributed by atoms with Crippen LogP contribution in [0.4, 0.5) is 6.01 Å². The maximum Gasteiger partial charge on any atom is 0.298 e. The molecule has 1 aromatic heterocycles. The van der Waals surface area contributed by atoms with Crippen LogP contribution in [0, 0.1) is 0 Å². The van der Waals surface area contributed by atoms with Gasteiger partial charge in [-0.15, -0.1) is 0 Å². The van der Waals surface area contributed by atoms with Gasteiger partial charge in [0.05, 0.1) is 5.25 Å². The van der Waals surface area contributed by atoms with Crippen molar-refractivity contribution in [2.45, 2.75) is 37.0 Å². The Labute approximate surface area is 129 Å². The number of sulfonamides is 1. The molecule has 0 amide bonds. The lowest BCUT2D eigenvalue weighted by atomic mass is 10.1. The number of piperidine rings is 1. The SMILES string of the molecule is O=S(=O)(NC1CCN(c2nc3ccccc3o2)CC1)C1CC1. The first kappa shape index (κ1) is 14.0. The van der Waals surface area contributed by atoms with Crippen LogP contribution in [0.25, 0.3) is 11.1 Å². The summed E-state index contributed by atoms with van der Waals surface area (Å²) >= 11 is 0. The monoisotopic (exact) mass is 321 g/mol. The van der Waals surface area contributed by atoms with Gasteiger partial charge in [-0.2, -0.15) is 4.98 Å². The minimum absolute atomic E-state index is 0.0335. The summed E-state index contributed by atoms with van der Waals surface area (Å²) in [6.07, 6.45) is 3.17. The van der Waals surface area contributed by atoms with Crippen LogP contribution in [-0.4, -0.2) is 37.8 Å². The highest BCUT2D eigenvalue weighted by atomic mass is 32.2. The van der Waals surface area contributed by atoms with Crippen molar-refractivity contribution in [1.29, 1.82) is 0 Å². The number of nitrogens with zero attached hydrogens (tertiary/aromatic N) is 2. The topological polar surface area (TPSA) is 75.4 Å². The zero-order chi connectivity index (χ0) is 15.2. The number of benzene rings is 1. The lowest BCUT2D eigenvalue weighted by Gasteiger charge is -2.31. The average molecular weight is 321 g/mol. The van der Waals surface area contributed by atoms with Crippen molar-refractivity contribution in [3.63, 3.8) is 0 Å². The minimum Gasteiger partial charge on any atom is -0.423 e. The van der Waals surface area contributed by atoms with Gasteiger partial charge >= 0.3 is 0 Å². The van der Waals surface area contributed by atoms with Crippen LogP contribution < -0.4 is 9.62 Å². The normalized spacial score (nSPS) is 20.6. The van der Waals surface area contributed by atoms with Crippen LogP contribution >= 0.6 is 0 Å². The number of para-hydroxylation sites is 2. The van der Waals surface area contributed by atoms with Crippen LogP contribution in [0.5, 0.6) is 0 Å². The first-order valence-electron chi connectivity index (χ1n) is 7.73. The second-order valence-corrected chi connectivity index (χ2v) is 8.08. The van der Waals surface area contributed by atoms with Gasteiger partial charge in [-0.25, -0.2) is 13.1 Å². The largest absolute Gasteiger partial charge is 0.423 e. The number of aromatic nitrogens is 1. The Balaban J connectivity index is 1.41. The quantitative estimate of drug-likeness (QED) is 0.930. The molecule has 0 radical (unpaired) electrons. The van der Waals surface area contributed by atoms with Gasteiger partial charge in [0.15, 0.2) is 5.58 Å². The molecule has 1 aromatic carbocycles. The molecule has 2 aliphatic rings. The lowest BCUT2D eigenvalue weighted by Crippen LogP contribution is -2.45. The van der Waals surface area contributed by atoms with Crippen molar-refractivity contribution in [2.24, 2.45) is 0 Å². The highest BCUT2D eigenvalue weighted by molar-refractivity contribution is 7.90. The molecule has 2 aromatic rings. The van der Waals surface area contributed by atoms with Crippen molar-refractivity contribution in [1.82, 2.24) is 9.71 Å². The number of fused-ring (bicyclic) bond motifs is 1. The van der Waals surface area contributed by atoms with Gasteiger partial charge in [0.2, 0.25) is 10.0 Å². The molecular formula is C15H19N3O3S. The van der Waals surface area contributed by atoms with Gasteiger partial charge in [0.25, 0.3) is 6.01 Å². The van der Waals surface area contributed by atoms with E-state index in [2.05, 4.69) is 14.6 Å². The number of nitrogens with one attached hydrogen (secondary N) is 1. The molecule has 1 N–H and O–H groups in total. The summed E-state index contributed by atoms with van der Waals surface area (Å²) in [7, 11) is -3.10. The van der Waals surface area contributed by atoms with E-state index in [1.54, 1.807) is 0 Å².